The molecule has 1 aliphatic rings. The highest BCUT2D eigenvalue weighted by Crippen LogP contribution is 2.48. The summed E-state index contributed by atoms with van der Waals surface area (Å²) in [6.45, 7) is 5.31. The summed E-state index contributed by atoms with van der Waals surface area (Å²) in [6.07, 6.45) is -4.84. The van der Waals surface area contributed by atoms with Gasteiger partial charge in [-0.05, 0) is 39.8 Å². The predicted octanol–water partition coefficient (Wildman–Crippen LogP) is 2.14. The number of benzene rings is 1. The summed E-state index contributed by atoms with van der Waals surface area (Å²) in [5.41, 5.74) is -1.64. The van der Waals surface area contributed by atoms with Crippen molar-refractivity contribution in [1.82, 2.24) is 14.6 Å². The maximum absolute atomic E-state index is 15.3. The molecule has 3 rings (SSSR count). The van der Waals surface area contributed by atoms with E-state index in [1.165, 1.54) is 26.0 Å². The number of H-pyrrole nitrogens is 1. The Kier molecular flexibility index (Phi) is 8.99. The highest BCUT2D eigenvalue weighted by molar-refractivity contribution is 7.52. The van der Waals surface area contributed by atoms with Gasteiger partial charge in [0.25, 0.3) is 10.7 Å². The summed E-state index contributed by atoms with van der Waals surface area (Å²) in [6, 6.07) is 6.75. The quantitative estimate of drug-likeness (QED) is 0.222. The second-order valence-electron chi connectivity index (χ2n) is 8.66. The van der Waals surface area contributed by atoms with Gasteiger partial charge in [-0.2, -0.15) is 5.09 Å². The Bertz CT molecular complexity index is 1270. The summed E-state index contributed by atoms with van der Waals surface area (Å²) in [5, 5.41) is 9.93. The van der Waals surface area contributed by atoms with E-state index in [0.29, 0.717) is 4.57 Å². The summed E-state index contributed by atoms with van der Waals surface area (Å²) in [5.74, 6) is -0.606. The van der Waals surface area contributed by atoms with Gasteiger partial charge in [-0.3, -0.25) is 23.7 Å². The molecule has 0 saturated carbocycles. The third-order valence-corrected chi connectivity index (χ3v) is 7.27. The Balaban J connectivity index is 1.82. The number of nitrogens with zero attached hydrogens (tertiary/aromatic N) is 1. The molecule has 3 N–H and O–H groups in total. The molecule has 12 nitrogen and oxygen atoms in total. The van der Waals surface area contributed by atoms with Crippen LogP contribution in [0.2, 0.25) is 0 Å². The first-order chi connectivity index (χ1) is 17.2. The van der Waals surface area contributed by atoms with Gasteiger partial charge in [0.05, 0.1) is 12.7 Å². The molecule has 0 bridgehead atoms. The first-order valence-electron chi connectivity index (χ1n) is 11.2. The Morgan fingerprint density at radius 3 is 2.59 bits per heavy atom. The largest absolute Gasteiger partial charge is 0.462 e. The summed E-state index contributed by atoms with van der Waals surface area (Å²) in [7, 11) is -4.35. The van der Waals surface area contributed by atoms with Crippen molar-refractivity contribution in [2.75, 3.05) is 6.61 Å². The fourth-order valence-electron chi connectivity index (χ4n) is 3.37. The van der Waals surface area contributed by atoms with Crippen molar-refractivity contribution < 1.29 is 37.4 Å². The Labute approximate surface area is 216 Å². The third-order valence-electron chi connectivity index (χ3n) is 5.21. The molecule has 6 atom stereocenters. The number of aliphatic hydroxyl groups is 1. The lowest BCUT2D eigenvalue weighted by Crippen LogP contribution is -2.42. The van der Waals surface area contributed by atoms with E-state index in [1.54, 1.807) is 32.0 Å². The number of aromatic amines is 1. The number of hydrogen-bond acceptors (Lipinski definition) is 9. The van der Waals surface area contributed by atoms with E-state index >= 15 is 4.39 Å². The molecule has 1 aromatic heterocycles. The highest BCUT2D eigenvalue weighted by Gasteiger charge is 2.58. The molecule has 0 unspecified atom stereocenters. The summed E-state index contributed by atoms with van der Waals surface area (Å²) >= 11 is 5.91. The first kappa shape index (κ1) is 29.0. The summed E-state index contributed by atoms with van der Waals surface area (Å²) < 4.78 is 51.1. The van der Waals surface area contributed by atoms with Crippen LogP contribution in [0.5, 0.6) is 5.75 Å². The SMILES string of the molecule is Cc1cn([C@@H]2O[C@H](CO[P@](=O)(N[C@@H](C)C(=O)OC(C)C)Oc3ccccc3)[C@@H](O)[C@@]2(F)Cl)c(=O)[nH]c1=O. The maximum atomic E-state index is 15.3. The van der Waals surface area contributed by atoms with E-state index in [-0.39, 0.29) is 11.3 Å². The minimum absolute atomic E-state index is 0.0667. The second kappa shape index (κ2) is 11.5. The molecule has 2 aromatic rings. The maximum Gasteiger partial charge on any atom is 0.459 e. The molecule has 204 valence electrons. The molecule has 1 aromatic carbocycles. The van der Waals surface area contributed by atoms with Crippen LogP contribution in [0, 0.1) is 6.92 Å². The first-order valence-corrected chi connectivity index (χ1v) is 13.2. The van der Waals surface area contributed by atoms with Crippen molar-refractivity contribution in [1.29, 1.82) is 0 Å². The number of aryl methyl sites for hydroxylation is 1. The van der Waals surface area contributed by atoms with Gasteiger partial charge in [-0.15, -0.1) is 0 Å². The van der Waals surface area contributed by atoms with Crippen LogP contribution >= 0.6 is 19.3 Å². The van der Waals surface area contributed by atoms with Crippen LogP contribution < -0.4 is 20.9 Å². The van der Waals surface area contributed by atoms with E-state index in [1.807, 2.05) is 4.98 Å². The van der Waals surface area contributed by atoms with E-state index < -0.39 is 67.3 Å². The molecule has 1 saturated heterocycles. The Hall–Kier alpha value is -2.54. The van der Waals surface area contributed by atoms with Crippen molar-refractivity contribution in [3.05, 3.63) is 62.9 Å². The van der Waals surface area contributed by atoms with Crippen molar-refractivity contribution in [2.24, 2.45) is 0 Å². The van der Waals surface area contributed by atoms with E-state index in [2.05, 4.69) is 5.09 Å². The number of carbonyl (C=O) groups excluding carboxylic acids is 1. The minimum atomic E-state index is -4.35. The molecule has 2 heterocycles. The Morgan fingerprint density at radius 1 is 1.32 bits per heavy atom. The van der Waals surface area contributed by atoms with E-state index in [9.17, 15) is 24.1 Å². The predicted molar refractivity (Wildman–Crippen MR) is 130 cm³/mol. The number of halogens is 2. The van der Waals surface area contributed by atoms with Crippen molar-refractivity contribution in [2.45, 2.75) is 63.4 Å². The van der Waals surface area contributed by atoms with Crippen molar-refractivity contribution in [3.63, 3.8) is 0 Å². The van der Waals surface area contributed by atoms with Crippen LogP contribution in [0.4, 0.5) is 4.39 Å². The zero-order valence-corrected chi connectivity index (χ0v) is 22.1. The van der Waals surface area contributed by atoms with Crippen LogP contribution in [0.3, 0.4) is 0 Å². The molecular weight excluding hydrogens is 536 g/mol. The lowest BCUT2D eigenvalue weighted by Gasteiger charge is -2.25. The molecule has 0 amide bonds. The van der Waals surface area contributed by atoms with E-state index in [0.717, 1.165) is 6.20 Å². The molecule has 15 heteroatoms. The molecule has 0 radical (unpaired) electrons. The van der Waals surface area contributed by atoms with Gasteiger partial charge in [-0.1, -0.05) is 29.8 Å². The lowest BCUT2D eigenvalue weighted by molar-refractivity contribution is -0.149. The normalized spacial score (nSPS) is 26.0. The molecule has 0 spiro atoms. The molecule has 1 fully saturated rings. The number of para-hydroxylation sites is 1. The van der Waals surface area contributed by atoms with Gasteiger partial charge < -0.3 is 19.1 Å². The number of alkyl halides is 2. The van der Waals surface area contributed by atoms with E-state index in [4.69, 9.17) is 30.1 Å². The van der Waals surface area contributed by atoms with Crippen LogP contribution in [-0.4, -0.2) is 56.7 Å². The molecule has 0 aliphatic carbocycles. The number of carbonyl (C=O) groups is 1. The number of hydrogen-bond donors (Lipinski definition) is 3. The number of ether oxygens (including phenoxy) is 2. The second-order valence-corrected chi connectivity index (χ2v) is 10.9. The minimum Gasteiger partial charge on any atom is -0.462 e. The van der Waals surface area contributed by atoms with Crippen LogP contribution in [0.1, 0.15) is 32.6 Å². The van der Waals surface area contributed by atoms with Crippen LogP contribution in [0.15, 0.2) is 46.1 Å². The highest BCUT2D eigenvalue weighted by atomic mass is 35.5. The molecule has 1 aliphatic heterocycles. The fraction of sp³-hybridized carbons (Fsp3) is 0.500. The van der Waals surface area contributed by atoms with Gasteiger partial charge in [0, 0.05) is 11.8 Å². The molecular formula is C22H28ClFN3O9P. The van der Waals surface area contributed by atoms with Gasteiger partial charge in [-0.25, -0.2) is 13.8 Å². The zero-order valence-electron chi connectivity index (χ0n) is 20.4. The average molecular weight is 564 g/mol. The molecule has 37 heavy (non-hydrogen) atoms. The number of rotatable bonds is 10. The lowest BCUT2D eigenvalue weighted by atomic mass is 10.1. The van der Waals surface area contributed by atoms with Gasteiger partial charge in [0.15, 0.2) is 6.23 Å². The zero-order chi connectivity index (χ0) is 27.5. The monoisotopic (exact) mass is 563 g/mol. The van der Waals surface area contributed by atoms with Crippen molar-refractivity contribution in [3.8, 4) is 5.75 Å². The fourth-order valence-corrected chi connectivity index (χ4v) is 5.17. The van der Waals surface area contributed by atoms with Gasteiger partial charge in [0.2, 0.25) is 0 Å². The average Bonchev–Trinajstić information content (AvgIpc) is 3.03. The number of nitrogens with one attached hydrogen (secondary N) is 2. The van der Waals surface area contributed by atoms with Crippen molar-refractivity contribution >= 4 is 25.3 Å². The topological polar surface area (TPSA) is 158 Å². The standard InChI is InChI=1S/C22H28ClFN3O9P/c1-12(2)34-19(30)14(4)26-37(32,36-15-8-6-5-7-9-15)33-11-16-17(28)22(23,24)20(35-16)27-10-13(3)18(29)25-21(27)31/h5-10,12,14,16-17,20,28H,11H2,1-4H3,(H,26,32)(H,25,29,31)/t14-,16+,17+,20+,22-,37+/m0/s1. The number of aromatic nitrogens is 2. The summed E-state index contributed by atoms with van der Waals surface area (Å²) in [4.78, 5) is 38.2. The number of esters is 1. The third kappa shape index (κ3) is 6.86. The van der Waals surface area contributed by atoms with Gasteiger partial charge >= 0.3 is 19.4 Å². The Morgan fingerprint density at radius 2 is 1.97 bits per heavy atom. The smallest absolute Gasteiger partial charge is 0.459 e. The number of aliphatic hydroxyl groups excluding tert-OH is 1. The van der Waals surface area contributed by atoms with Crippen LogP contribution in [0.25, 0.3) is 0 Å². The van der Waals surface area contributed by atoms with Gasteiger partial charge in [0.1, 0.15) is 24.0 Å². The van der Waals surface area contributed by atoms with Crippen LogP contribution in [-0.2, 0) is 23.4 Å².